The van der Waals surface area contributed by atoms with E-state index in [1.54, 1.807) is 12.1 Å². The maximum atomic E-state index is 13.1. The van der Waals surface area contributed by atoms with E-state index in [2.05, 4.69) is 5.32 Å². The lowest BCUT2D eigenvalue weighted by molar-refractivity contribution is 0.270. The van der Waals surface area contributed by atoms with Gasteiger partial charge in [-0.2, -0.15) is 0 Å². The van der Waals surface area contributed by atoms with E-state index in [1.807, 2.05) is 6.07 Å². The second-order valence-electron chi connectivity index (χ2n) is 5.69. The lowest BCUT2D eigenvalue weighted by Gasteiger charge is -2.38. The molecule has 2 aliphatic rings. The van der Waals surface area contributed by atoms with Crippen molar-refractivity contribution in [2.45, 2.75) is 37.3 Å². The van der Waals surface area contributed by atoms with E-state index in [4.69, 9.17) is 0 Å². The zero-order chi connectivity index (χ0) is 13.5. The molecule has 0 radical (unpaired) electrons. The SMILES string of the molecule is O=S1(=O)CCC(NC2CC(c3cccc(F)c3)C2)C1. The molecule has 0 amide bonds. The van der Waals surface area contributed by atoms with Crippen LogP contribution in [-0.2, 0) is 9.84 Å². The molecular weight excluding hydrogens is 265 g/mol. The summed E-state index contributed by atoms with van der Waals surface area (Å²) in [7, 11) is -2.81. The highest BCUT2D eigenvalue weighted by Gasteiger charge is 2.35. The molecule has 1 saturated heterocycles. The molecule has 19 heavy (non-hydrogen) atoms. The molecule has 1 N–H and O–H groups in total. The number of halogens is 1. The molecular formula is C14H18FNO2S. The van der Waals surface area contributed by atoms with Gasteiger partial charge in [0.2, 0.25) is 0 Å². The van der Waals surface area contributed by atoms with Crippen LogP contribution in [0.15, 0.2) is 24.3 Å². The Hall–Kier alpha value is -0.940. The van der Waals surface area contributed by atoms with Crippen molar-refractivity contribution in [3.05, 3.63) is 35.6 Å². The van der Waals surface area contributed by atoms with Crippen LogP contribution in [0.1, 0.15) is 30.7 Å². The molecule has 1 saturated carbocycles. The van der Waals surface area contributed by atoms with Crippen molar-refractivity contribution in [1.29, 1.82) is 0 Å². The third kappa shape index (κ3) is 2.98. The van der Waals surface area contributed by atoms with Gasteiger partial charge in [-0.15, -0.1) is 0 Å². The summed E-state index contributed by atoms with van der Waals surface area (Å²) >= 11 is 0. The summed E-state index contributed by atoms with van der Waals surface area (Å²) in [6, 6.07) is 7.26. The Morgan fingerprint density at radius 3 is 2.63 bits per heavy atom. The molecule has 104 valence electrons. The van der Waals surface area contributed by atoms with Gasteiger partial charge < -0.3 is 5.32 Å². The van der Waals surface area contributed by atoms with Gasteiger partial charge in [-0.05, 0) is 42.9 Å². The van der Waals surface area contributed by atoms with E-state index in [9.17, 15) is 12.8 Å². The first-order valence-corrected chi connectivity index (χ1v) is 8.56. The Morgan fingerprint density at radius 1 is 1.21 bits per heavy atom. The molecule has 1 heterocycles. The fraction of sp³-hybridized carbons (Fsp3) is 0.571. The normalized spacial score (nSPS) is 33.0. The lowest BCUT2D eigenvalue weighted by Crippen LogP contribution is -2.46. The number of sulfone groups is 1. The number of hydrogen-bond donors (Lipinski definition) is 1. The number of benzene rings is 1. The molecule has 0 spiro atoms. The molecule has 0 aromatic heterocycles. The maximum absolute atomic E-state index is 13.1. The zero-order valence-corrected chi connectivity index (χ0v) is 11.5. The van der Waals surface area contributed by atoms with Crippen molar-refractivity contribution in [2.75, 3.05) is 11.5 Å². The molecule has 2 fully saturated rings. The first-order valence-electron chi connectivity index (χ1n) is 6.74. The van der Waals surface area contributed by atoms with Crippen molar-refractivity contribution >= 4 is 9.84 Å². The molecule has 0 bridgehead atoms. The summed E-state index contributed by atoms with van der Waals surface area (Å²) in [5.74, 6) is 0.806. The predicted molar refractivity (Wildman–Crippen MR) is 72.4 cm³/mol. The summed E-state index contributed by atoms with van der Waals surface area (Å²) in [4.78, 5) is 0. The van der Waals surface area contributed by atoms with E-state index in [-0.39, 0.29) is 17.6 Å². The standard InChI is InChI=1S/C14H18FNO2S/c15-12-3-1-2-10(6-12)11-7-14(8-11)16-13-4-5-19(17,18)9-13/h1-3,6,11,13-14,16H,4-5,7-9H2. The van der Waals surface area contributed by atoms with Crippen LogP contribution in [0.3, 0.4) is 0 Å². The van der Waals surface area contributed by atoms with Crippen molar-refractivity contribution < 1.29 is 12.8 Å². The molecule has 1 aliphatic carbocycles. The fourth-order valence-corrected chi connectivity index (χ4v) is 4.73. The largest absolute Gasteiger partial charge is 0.310 e. The van der Waals surface area contributed by atoms with Crippen LogP contribution >= 0.6 is 0 Å². The third-order valence-corrected chi connectivity index (χ3v) is 5.93. The van der Waals surface area contributed by atoms with Crippen LogP contribution in [0.25, 0.3) is 0 Å². The van der Waals surface area contributed by atoms with Crippen LogP contribution < -0.4 is 5.32 Å². The highest BCUT2D eigenvalue weighted by Crippen LogP contribution is 2.37. The first-order chi connectivity index (χ1) is 9.02. The van der Waals surface area contributed by atoms with Crippen molar-refractivity contribution in [3.8, 4) is 0 Å². The second kappa shape index (κ2) is 4.87. The van der Waals surface area contributed by atoms with Crippen molar-refractivity contribution in [1.82, 2.24) is 5.32 Å². The highest BCUT2D eigenvalue weighted by molar-refractivity contribution is 7.91. The van der Waals surface area contributed by atoms with E-state index in [0.717, 1.165) is 24.8 Å². The smallest absolute Gasteiger partial charge is 0.151 e. The Bertz CT molecular complexity index is 567. The molecule has 3 nitrogen and oxygen atoms in total. The Balaban J connectivity index is 1.51. The van der Waals surface area contributed by atoms with Gasteiger partial charge in [-0.1, -0.05) is 12.1 Å². The predicted octanol–water partition coefficient (Wildman–Crippen LogP) is 1.85. The van der Waals surface area contributed by atoms with E-state index >= 15 is 0 Å². The van der Waals surface area contributed by atoms with Crippen LogP contribution in [0.4, 0.5) is 4.39 Å². The van der Waals surface area contributed by atoms with Gasteiger partial charge in [0.15, 0.2) is 9.84 Å². The monoisotopic (exact) mass is 283 g/mol. The molecule has 5 heteroatoms. The Labute approximate surface area is 113 Å². The van der Waals surface area contributed by atoms with E-state index in [1.165, 1.54) is 6.07 Å². The molecule has 1 atom stereocenters. The topological polar surface area (TPSA) is 46.2 Å². The summed E-state index contributed by atoms with van der Waals surface area (Å²) in [6.07, 6.45) is 2.67. The minimum Gasteiger partial charge on any atom is -0.310 e. The van der Waals surface area contributed by atoms with Gasteiger partial charge in [0.1, 0.15) is 5.82 Å². The maximum Gasteiger partial charge on any atom is 0.151 e. The van der Waals surface area contributed by atoms with Gasteiger partial charge in [0, 0.05) is 12.1 Å². The van der Waals surface area contributed by atoms with Gasteiger partial charge in [-0.25, -0.2) is 12.8 Å². The van der Waals surface area contributed by atoms with Crippen molar-refractivity contribution in [3.63, 3.8) is 0 Å². The van der Waals surface area contributed by atoms with E-state index < -0.39 is 9.84 Å². The average Bonchev–Trinajstić information content (AvgIpc) is 2.63. The Morgan fingerprint density at radius 2 is 2.00 bits per heavy atom. The minimum absolute atomic E-state index is 0.114. The molecule has 1 unspecified atom stereocenters. The van der Waals surface area contributed by atoms with E-state index in [0.29, 0.717) is 17.7 Å². The zero-order valence-electron chi connectivity index (χ0n) is 10.7. The lowest BCUT2D eigenvalue weighted by atomic mass is 9.75. The fourth-order valence-electron chi connectivity index (χ4n) is 3.05. The van der Waals surface area contributed by atoms with Crippen LogP contribution in [-0.4, -0.2) is 32.0 Å². The van der Waals surface area contributed by atoms with Crippen LogP contribution in [0.2, 0.25) is 0 Å². The number of rotatable bonds is 3. The van der Waals surface area contributed by atoms with Gasteiger partial charge in [-0.3, -0.25) is 0 Å². The molecule has 3 rings (SSSR count). The molecule has 1 aromatic carbocycles. The summed E-state index contributed by atoms with van der Waals surface area (Å²) < 4.78 is 35.9. The van der Waals surface area contributed by atoms with Gasteiger partial charge in [0.05, 0.1) is 11.5 Å². The average molecular weight is 283 g/mol. The number of hydrogen-bond acceptors (Lipinski definition) is 3. The summed E-state index contributed by atoms with van der Waals surface area (Å²) in [5, 5.41) is 3.41. The summed E-state index contributed by atoms with van der Waals surface area (Å²) in [6.45, 7) is 0. The van der Waals surface area contributed by atoms with Gasteiger partial charge in [0.25, 0.3) is 0 Å². The molecule has 1 aliphatic heterocycles. The van der Waals surface area contributed by atoms with Crippen LogP contribution in [0.5, 0.6) is 0 Å². The number of nitrogens with one attached hydrogen (secondary N) is 1. The quantitative estimate of drug-likeness (QED) is 0.921. The van der Waals surface area contributed by atoms with Gasteiger partial charge >= 0.3 is 0 Å². The first kappa shape index (κ1) is 13.1. The Kier molecular flexibility index (Phi) is 3.35. The van der Waals surface area contributed by atoms with Crippen molar-refractivity contribution in [2.24, 2.45) is 0 Å². The second-order valence-corrected chi connectivity index (χ2v) is 7.92. The highest BCUT2D eigenvalue weighted by atomic mass is 32.2. The summed E-state index contributed by atoms with van der Waals surface area (Å²) in [5.41, 5.74) is 1.05. The molecule has 1 aromatic rings. The third-order valence-electron chi connectivity index (χ3n) is 4.16. The van der Waals surface area contributed by atoms with Crippen LogP contribution in [0, 0.1) is 5.82 Å². The minimum atomic E-state index is -2.81.